The number of aliphatic hydroxyl groups is 1. The number of rotatable bonds is 3. The summed E-state index contributed by atoms with van der Waals surface area (Å²) in [6.45, 7) is 1.63. The fourth-order valence-corrected chi connectivity index (χ4v) is 4.68. The minimum Gasteiger partial charge on any atom is -0.497 e. The van der Waals surface area contributed by atoms with E-state index in [1.165, 1.54) is 6.07 Å². The molecule has 8 heteroatoms. The van der Waals surface area contributed by atoms with Crippen LogP contribution in [0.3, 0.4) is 0 Å². The van der Waals surface area contributed by atoms with Crippen molar-refractivity contribution < 1.29 is 19.0 Å². The van der Waals surface area contributed by atoms with Gasteiger partial charge in [-0.3, -0.25) is 0 Å². The van der Waals surface area contributed by atoms with Crippen molar-refractivity contribution in [2.45, 2.75) is 11.5 Å². The number of H-pyrrole nitrogens is 1. The van der Waals surface area contributed by atoms with Gasteiger partial charge in [0.1, 0.15) is 11.6 Å². The Morgan fingerprint density at radius 2 is 2.13 bits per heavy atom. The fourth-order valence-electron chi connectivity index (χ4n) is 4.68. The van der Waals surface area contributed by atoms with Crippen LogP contribution in [0.4, 0.5) is 14.9 Å². The van der Waals surface area contributed by atoms with Crippen LogP contribution < -0.4 is 15.4 Å². The minimum atomic E-state index is -0.459. The van der Waals surface area contributed by atoms with Crippen molar-refractivity contribution in [2.24, 2.45) is 0 Å². The van der Waals surface area contributed by atoms with E-state index in [0.29, 0.717) is 19.6 Å². The summed E-state index contributed by atoms with van der Waals surface area (Å²) < 4.78 is 19.2. The second-order valence-corrected chi connectivity index (χ2v) is 7.99. The second kappa shape index (κ2) is 7.00. The Labute approximate surface area is 172 Å². The predicted molar refractivity (Wildman–Crippen MR) is 111 cm³/mol. The van der Waals surface area contributed by atoms with E-state index < -0.39 is 5.82 Å². The number of para-hydroxylation sites is 1. The van der Waals surface area contributed by atoms with Gasteiger partial charge >= 0.3 is 6.03 Å². The molecule has 2 aliphatic rings. The molecule has 156 valence electrons. The van der Waals surface area contributed by atoms with Crippen LogP contribution in [0.15, 0.2) is 42.5 Å². The first-order valence-corrected chi connectivity index (χ1v) is 9.89. The maximum Gasteiger partial charge on any atom is 0.321 e. The number of aromatic amines is 1. The Kier molecular flexibility index (Phi) is 4.41. The highest BCUT2D eigenvalue weighted by atomic mass is 19.1. The molecule has 7 nitrogen and oxygen atoms in total. The van der Waals surface area contributed by atoms with Crippen LogP contribution >= 0.6 is 0 Å². The van der Waals surface area contributed by atoms with E-state index in [0.717, 1.165) is 27.9 Å². The molecule has 2 aromatic carbocycles. The monoisotopic (exact) mass is 410 g/mol. The number of hydrogen-bond donors (Lipinski definition) is 4. The molecule has 3 aromatic rings. The van der Waals surface area contributed by atoms with E-state index in [2.05, 4.69) is 15.6 Å². The van der Waals surface area contributed by atoms with Crippen LogP contribution in [0.5, 0.6) is 5.75 Å². The zero-order valence-electron chi connectivity index (χ0n) is 16.5. The summed E-state index contributed by atoms with van der Waals surface area (Å²) in [5, 5.41) is 17.0. The Morgan fingerprint density at radius 3 is 2.87 bits per heavy atom. The third-order valence-corrected chi connectivity index (χ3v) is 6.17. The highest BCUT2D eigenvalue weighted by Crippen LogP contribution is 2.45. The molecule has 0 aliphatic carbocycles. The van der Waals surface area contributed by atoms with Crippen LogP contribution in [0.2, 0.25) is 0 Å². The van der Waals surface area contributed by atoms with Gasteiger partial charge in [-0.15, -0.1) is 0 Å². The van der Waals surface area contributed by atoms with E-state index in [-0.39, 0.29) is 29.8 Å². The number of urea groups is 1. The highest BCUT2D eigenvalue weighted by Gasteiger charge is 2.51. The molecule has 0 saturated carbocycles. The largest absolute Gasteiger partial charge is 0.497 e. The number of methoxy groups -OCH3 is 1. The normalized spacial score (nSPS) is 19.4. The van der Waals surface area contributed by atoms with Crippen LogP contribution in [-0.4, -0.2) is 54.4 Å². The van der Waals surface area contributed by atoms with Gasteiger partial charge in [-0.1, -0.05) is 12.1 Å². The Morgan fingerprint density at radius 1 is 1.33 bits per heavy atom. The summed E-state index contributed by atoms with van der Waals surface area (Å²) in [7, 11) is 1.63. The number of nitrogens with one attached hydrogen (secondary N) is 3. The average molecular weight is 410 g/mol. The van der Waals surface area contributed by atoms with Gasteiger partial charge in [0.15, 0.2) is 0 Å². The minimum absolute atomic E-state index is 0.0233. The molecule has 1 atom stereocenters. The van der Waals surface area contributed by atoms with Gasteiger partial charge in [-0.25, -0.2) is 9.18 Å². The molecule has 0 unspecified atom stereocenters. The Bertz CT molecular complexity index is 1120. The van der Waals surface area contributed by atoms with E-state index >= 15 is 0 Å². The zero-order valence-corrected chi connectivity index (χ0v) is 16.5. The standard InChI is InChI=1S/C22H23FN4O3/c1-30-13-6-7-14-17(8-13)25-20-18(9-28)24-10-22(19(14)20)11-27(12-22)21(29)26-16-5-3-2-4-15(16)23/h2-8,18,24-25,28H,9-12H2,1H3,(H,26,29)/t18-/m0/s1. The number of amides is 2. The zero-order chi connectivity index (χ0) is 20.9. The molecule has 1 aromatic heterocycles. The Balaban J connectivity index is 1.44. The number of aliphatic hydroxyl groups excluding tert-OH is 1. The summed E-state index contributed by atoms with van der Waals surface area (Å²) in [6.07, 6.45) is 0. The van der Waals surface area contributed by atoms with Gasteiger partial charge in [0.2, 0.25) is 0 Å². The number of aromatic nitrogens is 1. The van der Waals surface area contributed by atoms with Crippen LogP contribution in [0.25, 0.3) is 10.9 Å². The number of halogens is 1. The van der Waals surface area contributed by atoms with E-state index in [9.17, 15) is 14.3 Å². The maximum absolute atomic E-state index is 13.9. The molecule has 0 bridgehead atoms. The topological polar surface area (TPSA) is 89.6 Å². The first-order chi connectivity index (χ1) is 14.5. The number of likely N-dealkylation sites (tertiary alicyclic amines) is 1. The fraction of sp³-hybridized carbons (Fsp3) is 0.318. The molecule has 5 rings (SSSR count). The quantitative estimate of drug-likeness (QED) is 0.535. The van der Waals surface area contributed by atoms with Crippen molar-refractivity contribution in [3.63, 3.8) is 0 Å². The molecule has 4 N–H and O–H groups in total. The molecule has 1 spiro atoms. The molecular formula is C22H23FN4O3. The summed E-state index contributed by atoms with van der Waals surface area (Å²) >= 11 is 0. The lowest BCUT2D eigenvalue weighted by atomic mass is 9.69. The number of carbonyl (C=O) groups excluding carboxylic acids is 1. The van der Waals surface area contributed by atoms with Crippen LogP contribution in [-0.2, 0) is 5.41 Å². The molecule has 30 heavy (non-hydrogen) atoms. The van der Waals surface area contributed by atoms with Gasteiger partial charge in [0, 0.05) is 47.7 Å². The first-order valence-electron chi connectivity index (χ1n) is 9.89. The molecule has 1 saturated heterocycles. The molecule has 2 amide bonds. The summed E-state index contributed by atoms with van der Waals surface area (Å²) in [6, 6.07) is 11.5. The maximum atomic E-state index is 13.9. The van der Waals surface area contributed by atoms with E-state index in [1.54, 1.807) is 30.2 Å². The van der Waals surface area contributed by atoms with Gasteiger partial charge < -0.3 is 30.4 Å². The van der Waals surface area contributed by atoms with Crippen LogP contribution in [0.1, 0.15) is 17.3 Å². The van der Waals surface area contributed by atoms with Gasteiger partial charge in [-0.2, -0.15) is 0 Å². The number of nitrogens with zero attached hydrogens (tertiary/aromatic N) is 1. The first kappa shape index (κ1) is 18.9. The SMILES string of the molecule is COc1ccc2c3c([nH]c2c1)[C@H](CO)NCC31CN(C(=O)Nc2ccccc2F)C1. The molecule has 3 heterocycles. The molecule has 0 radical (unpaired) electrons. The number of anilines is 1. The van der Waals surface area contributed by atoms with Crippen molar-refractivity contribution in [1.29, 1.82) is 0 Å². The number of ether oxygens (including phenoxy) is 1. The number of hydrogen-bond acceptors (Lipinski definition) is 4. The molecule has 2 aliphatic heterocycles. The lowest BCUT2D eigenvalue weighted by molar-refractivity contribution is 0.0841. The van der Waals surface area contributed by atoms with Crippen molar-refractivity contribution in [1.82, 2.24) is 15.2 Å². The van der Waals surface area contributed by atoms with Gasteiger partial charge in [-0.05, 0) is 29.8 Å². The second-order valence-electron chi connectivity index (χ2n) is 7.99. The molecular weight excluding hydrogens is 387 g/mol. The van der Waals surface area contributed by atoms with Crippen LogP contribution in [0, 0.1) is 5.82 Å². The van der Waals surface area contributed by atoms with Crippen molar-refractivity contribution in [2.75, 3.05) is 38.7 Å². The van der Waals surface area contributed by atoms with E-state index in [4.69, 9.17) is 4.74 Å². The number of fused-ring (bicyclic) bond motifs is 4. The van der Waals surface area contributed by atoms with Crippen molar-refractivity contribution in [3.05, 3.63) is 59.5 Å². The average Bonchev–Trinajstić information content (AvgIpc) is 3.12. The summed E-state index contributed by atoms with van der Waals surface area (Å²) in [4.78, 5) is 17.8. The summed E-state index contributed by atoms with van der Waals surface area (Å²) in [5.41, 5.74) is 2.93. The molecule has 1 fully saturated rings. The van der Waals surface area contributed by atoms with Crippen molar-refractivity contribution in [3.8, 4) is 5.75 Å². The number of benzene rings is 2. The van der Waals surface area contributed by atoms with Crippen molar-refractivity contribution >= 4 is 22.6 Å². The lowest BCUT2D eigenvalue weighted by Crippen LogP contribution is -2.67. The van der Waals surface area contributed by atoms with Gasteiger partial charge in [0.25, 0.3) is 0 Å². The summed E-state index contributed by atoms with van der Waals surface area (Å²) in [5.74, 6) is 0.294. The third-order valence-electron chi connectivity index (χ3n) is 6.17. The smallest absolute Gasteiger partial charge is 0.321 e. The third kappa shape index (κ3) is 2.83. The van der Waals surface area contributed by atoms with E-state index in [1.807, 2.05) is 18.2 Å². The highest BCUT2D eigenvalue weighted by molar-refractivity contribution is 5.92. The predicted octanol–water partition coefficient (Wildman–Crippen LogP) is 2.74. The lowest BCUT2D eigenvalue weighted by Gasteiger charge is -2.53. The number of carbonyl (C=O) groups is 1. The van der Waals surface area contributed by atoms with Gasteiger partial charge in [0.05, 0.1) is 25.4 Å². The Hall–Kier alpha value is -3.10.